The van der Waals surface area contributed by atoms with Crippen LogP contribution < -0.4 is 5.56 Å². The molecular weight excluding hydrogens is 308 g/mol. The Balaban J connectivity index is 1.58. The molecule has 0 spiro atoms. The van der Waals surface area contributed by atoms with Crippen molar-refractivity contribution in [3.63, 3.8) is 0 Å². The molecule has 23 heavy (non-hydrogen) atoms. The smallest absolute Gasteiger partial charge is 0.259 e. The molecule has 4 rings (SSSR count). The second-order valence-electron chi connectivity index (χ2n) is 6.61. The van der Waals surface area contributed by atoms with E-state index in [1.54, 1.807) is 11.3 Å². The molecule has 5 nitrogen and oxygen atoms in total. The van der Waals surface area contributed by atoms with Crippen LogP contribution in [0.25, 0.3) is 10.2 Å². The number of thiophene rings is 1. The largest absolute Gasteiger partial charge is 0.309 e. The van der Waals surface area contributed by atoms with Crippen molar-refractivity contribution in [3.05, 3.63) is 26.6 Å². The lowest BCUT2D eigenvalue weighted by molar-refractivity contribution is 0.129. The normalized spacial score (nSPS) is 20.0. The summed E-state index contributed by atoms with van der Waals surface area (Å²) in [4.78, 5) is 27.6. The molecule has 0 saturated carbocycles. The summed E-state index contributed by atoms with van der Waals surface area (Å²) in [5, 5.41) is 0.865. The average Bonchev–Trinajstić information content (AvgIpc) is 2.94. The van der Waals surface area contributed by atoms with Crippen molar-refractivity contribution < 1.29 is 0 Å². The van der Waals surface area contributed by atoms with Gasteiger partial charge in [-0.05, 0) is 37.8 Å². The Morgan fingerprint density at radius 2 is 1.87 bits per heavy atom. The summed E-state index contributed by atoms with van der Waals surface area (Å²) >= 11 is 1.74. The summed E-state index contributed by atoms with van der Waals surface area (Å²) in [5.74, 6) is 0.825. The minimum absolute atomic E-state index is 0.0663. The Morgan fingerprint density at radius 3 is 2.65 bits per heavy atom. The quantitative estimate of drug-likeness (QED) is 0.934. The van der Waals surface area contributed by atoms with Crippen LogP contribution in [0.3, 0.4) is 0 Å². The highest BCUT2D eigenvalue weighted by atomic mass is 32.1. The number of aromatic amines is 1. The van der Waals surface area contributed by atoms with Crippen LogP contribution in [0.1, 0.15) is 36.0 Å². The number of aromatic nitrogens is 2. The summed E-state index contributed by atoms with van der Waals surface area (Å²) in [7, 11) is 0. The van der Waals surface area contributed by atoms with Crippen molar-refractivity contribution in [1.82, 2.24) is 19.8 Å². The van der Waals surface area contributed by atoms with Crippen LogP contribution in [0, 0.1) is 0 Å². The Hall–Kier alpha value is -1.24. The third-order valence-corrected chi connectivity index (χ3v) is 6.35. The van der Waals surface area contributed by atoms with Gasteiger partial charge in [-0.25, -0.2) is 4.98 Å². The van der Waals surface area contributed by atoms with E-state index in [9.17, 15) is 4.79 Å². The number of hydrogen-bond acceptors (Lipinski definition) is 5. The van der Waals surface area contributed by atoms with Gasteiger partial charge in [-0.3, -0.25) is 9.69 Å². The maximum atomic E-state index is 12.6. The van der Waals surface area contributed by atoms with Crippen LogP contribution in [-0.4, -0.2) is 52.5 Å². The first kappa shape index (κ1) is 15.3. The third-order valence-electron chi connectivity index (χ3n) is 5.16. The van der Waals surface area contributed by atoms with Crippen LogP contribution in [0.5, 0.6) is 0 Å². The lowest BCUT2D eigenvalue weighted by atomic mass is 9.97. The molecule has 1 N–H and O–H groups in total. The number of H-pyrrole nitrogens is 1. The maximum absolute atomic E-state index is 12.6. The molecule has 1 fully saturated rings. The van der Waals surface area contributed by atoms with E-state index in [4.69, 9.17) is 4.98 Å². The van der Waals surface area contributed by atoms with Gasteiger partial charge in [0.1, 0.15) is 10.7 Å². The number of hydrogen-bond donors (Lipinski definition) is 1. The van der Waals surface area contributed by atoms with E-state index in [-0.39, 0.29) is 5.56 Å². The molecule has 1 saturated heterocycles. The number of aryl methyl sites for hydroxylation is 2. The molecule has 2 aromatic heterocycles. The van der Waals surface area contributed by atoms with Crippen LogP contribution in [0.2, 0.25) is 0 Å². The van der Waals surface area contributed by atoms with Gasteiger partial charge in [0.15, 0.2) is 0 Å². The molecule has 0 radical (unpaired) electrons. The topological polar surface area (TPSA) is 52.2 Å². The Labute approximate surface area is 140 Å². The molecule has 2 aliphatic rings. The summed E-state index contributed by atoms with van der Waals surface area (Å²) < 4.78 is 0. The predicted octanol–water partition coefficient (Wildman–Crippen LogP) is 2.00. The van der Waals surface area contributed by atoms with Crippen molar-refractivity contribution in [2.24, 2.45) is 0 Å². The van der Waals surface area contributed by atoms with Gasteiger partial charge in [-0.2, -0.15) is 0 Å². The van der Waals surface area contributed by atoms with Gasteiger partial charge in [-0.15, -0.1) is 11.3 Å². The van der Waals surface area contributed by atoms with E-state index in [1.807, 2.05) is 0 Å². The van der Waals surface area contributed by atoms with Gasteiger partial charge in [0, 0.05) is 31.1 Å². The van der Waals surface area contributed by atoms with E-state index in [0.29, 0.717) is 0 Å². The van der Waals surface area contributed by atoms with Gasteiger partial charge in [0.05, 0.1) is 11.9 Å². The van der Waals surface area contributed by atoms with E-state index < -0.39 is 0 Å². The molecule has 0 aromatic carbocycles. The van der Waals surface area contributed by atoms with Crippen molar-refractivity contribution >= 4 is 21.6 Å². The van der Waals surface area contributed by atoms with Crippen LogP contribution in [-0.2, 0) is 19.4 Å². The van der Waals surface area contributed by atoms with Crippen LogP contribution >= 0.6 is 11.3 Å². The van der Waals surface area contributed by atoms with E-state index >= 15 is 0 Å². The molecular formula is C17H24N4OS. The maximum Gasteiger partial charge on any atom is 0.259 e. The highest BCUT2D eigenvalue weighted by Crippen LogP contribution is 2.33. The van der Waals surface area contributed by atoms with Gasteiger partial charge in [-0.1, -0.05) is 6.92 Å². The first-order valence-electron chi connectivity index (χ1n) is 8.72. The zero-order valence-corrected chi connectivity index (χ0v) is 14.5. The zero-order chi connectivity index (χ0) is 15.8. The SMILES string of the molecule is CCN1CCN(Cc2nc3sc4c(c3c(=O)[nH]2)CCCC4)CC1. The second kappa shape index (κ2) is 6.34. The fraction of sp³-hybridized carbons (Fsp3) is 0.647. The van der Waals surface area contributed by atoms with Gasteiger partial charge in [0.2, 0.25) is 0 Å². The molecule has 1 aliphatic carbocycles. The zero-order valence-electron chi connectivity index (χ0n) is 13.7. The van der Waals surface area contributed by atoms with Gasteiger partial charge < -0.3 is 9.88 Å². The first-order chi connectivity index (χ1) is 11.2. The van der Waals surface area contributed by atoms with Gasteiger partial charge in [0.25, 0.3) is 5.56 Å². The fourth-order valence-corrected chi connectivity index (χ4v) is 5.04. The van der Waals surface area contributed by atoms with Crippen molar-refractivity contribution in [2.45, 2.75) is 39.2 Å². The molecule has 1 aliphatic heterocycles. The summed E-state index contributed by atoms with van der Waals surface area (Å²) in [5.41, 5.74) is 1.34. The second-order valence-corrected chi connectivity index (χ2v) is 7.70. The van der Waals surface area contributed by atoms with Crippen molar-refractivity contribution in [1.29, 1.82) is 0 Å². The molecule has 0 unspecified atom stereocenters. The fourth-order valence-electron chi connectivity index (χ4n) is 3.76. The Kier molecular flexibility index (Phi) is 4.22. The third kappa shape index (κ3) is 2.95. The summed E-state index contributed by atoms with van der Waals surface area (Å²) in [6, 6.07) is 0. The minimum atomic E-state index is 0.0663. The number of fused-ring (bicyclic) bond motifs is 3. The molecule has 124 valence electrons. The molecule has 0 bridgehead atoms. The van der Waals surface area contributed by atoms with E-state index in [1.165, 1.54) is 23.3 Å². The lowest BCUT2D eigenvalue weighted by Gasteiger charge is -2.33. The van der Waals surface area contributed by atoms with Crippen molar-refractivity contribution in [2.75, 3.05) is 32.7 Å². The number of nitrogens with one attached hydrogen (secondary N) is 1. The number of piperazine rings is 1. The summed E-state index contributed by atoms with van der Waals surface area (Å²) in [6.45, 7) is 8.40. The molecule has 0 atom stereocenters. The van der Waals surface area contributed by atoms with Gasteiger partial charge >= 0.3 is 0 Å². The number of nitrogens with zero attached hydrogens (tertiary/aromatic N) is 3. The number of rotatable bonds is 3. The highest BCUT2D eigenvalue weighted by molar-refractivity contribution is 7.18. The van der Waals surface area contributed by atoms with E-state index in [2.05, 4.69) is 21.7 Å². The minimum Gasteiger partial charge on any atom is -0.309 e. The molecule has 0 amide bonds. The van der Waals surface area contributed by atoms with Crippen LogP contribution in [0.15, 0.2) is 4.79 Å². The molecule has 6 heteroatoms. The predicted molar refractivity (Wildman–Crippen MR) is 94.3 cm³/mol. The highest BCUT2D eigenvalue weighted by Gasteiger charge is 2.21. The van der Waals surface area contributed by atoms with E-state index in [0.717, 1.165) is 68.2 Å². The molecule has 3 heterocycles. The first-order valence-corrected chi connectivity index (χ1v) is 9.54. The standard InChI is InChI=1S/C17H24N4OS/c1-2-20-7-9-21(10-8-20)11-14-18-16(22)15-12-5-3-4-6-13(12)23-17(15)19-14/h2-11H2,1H3,(H,18,19,22). The average molecular weight is 332 g/mol. The lowest BCUT2D eigenvalue weighted by Crippen LogP contribution is -2.45. The molecule has 2 aromatic rings. The monoisotopic (exact) mass is 332 g/mol. The Morgan fingerprint density at radius 1 is 1.13 bits per heavy atom. The summed E-state index contributed by atoms with van der Waals surface area (Å²) in [6.07, 6.45) is 4.59. The number of likely N-dealkylation sites (N-methyl/N-ethyl adjacent to an activating group) is 1. The van der Waals surface area contributed by atoms with Crippen LogP contribution in [0.4, 0.5) is 0 Å². The Bertz CT molecular complexity index is 758. The van der Waals surface area contributed by atoms with Crippen molar-refractivity contribution in [3.8, 4) is 0 Å².